The van der Waals surface area contributed by atoms with Gasteiger partial charge in [0.05, 0.1) is 33.6 Å². The predicted molar refractivity (Wildman–Crippen MR) is 101 cm³/mol. The molecule has 4 rings (SSSR count). The summed E-state index contributed by atoms with van der Waals surface area (Å²) < 4.78 is 72.5. The van der Waals surface area contributed by atoms with Gasteiger partial charge in [-0.15, -0.1) is 0 Å². The van der Waals surface area contributed by atoms with Gasteiger partial charge in [0.2, 0.25) is 0 Å². The lowest BCUT2D eigenvalue weighted by Gasteiger charge is -2.13. The molecule has 0 fully saturated rings. The van der Waals surface area contributed by atoms with E-state index in [2.05, 4.69) is 15.5 Å². The number of nitrogens with zero attached hydrogens (tertiary/aromatic N) is 2. The van der Waals surface area contributed by atoms with Crippen molar-refractivity contribution in [1.29, 1.82) is 0 Å². The van der Waals surface area contributed by atoms with Crippen molar-refractivity contribution >= 4 is 22.7 Å². The van der Waals surface area contributed by atoms with Gasteiger partial charge in [-0.3, -0.25) is 4.79 Å². The summed E-state index contributed by atoms with van der Waals surface area (Å²) in [5.41, 5.74) is -1.72. The first-order chi connectivity index (χ1) is 14.6. The van der Waals surface area contributed by atoms with E-state index in [-0.39, 0.29) is 39.3 Å². The molecule has 1 amide bonds. The van der Waals surface area contributed by atoms with E-state index >= 15 is 0 Å². The van der Waals surface area contributed by atoms with Crippen LogP contribution in [0.2, 0.25) is 0 Å². The van der Waals surface area contributed by atoms with Crippen LogP contribution in [-0.4, -0.2) is 16.0 Å². The quantitative estimate of drug-likeness (QED) is 0.418. The number of rotatable bonds is 3. The first-order valence-corrected chi connectivity index (χ1v) is 8.85. The smallest absolute Gasteiger partial charge is 0.335 e. The van der Waals surface area contributed by atoms with Gasteiger partial charge in [0, 0.05) is 11.6 Å². The maximum atomic E-state index is 14.0. The Balaban J connectivity index is 1.87. The zero-order valence-corrected chi connectivity index (χ0v) is 15.7. The number of hydrogen-bond acceptors (Lipinski definition) is 4. The SMILES string of the molecule is Cc1noc2nc(-c3ccccc3C(F)(F)F)cc(C(=O)Nc3ccc(F)cc3F)c12. The molecule has 158 valence electrons. The summed E-state index contributed by atoms with van der Waals surface area (Å²) in [4.78, 5) is 17.0. The third-order valence-corrected chi connectivity index (χ3v) is 4.55. The number of pyridine rings is 1. The fourth-order valence-corrected chi connectivity index (χ4v) is 3.15. The van der Waals surface area contributed by atoms with E-state index in [1.165, 1.54) is 25.1 Å². The minimum Gasteiger partial charge on any atom is -0.335 e. The van der Waals surface area contributed by atoms with Crippen molar-refractivity contribution in [3.8, 4) is 11.3 Å². The van der Waals surface area contributed by atoms with Crippen LogP contribution in [0.3, 0.4) is 0 Å². The van der Waals surface area contributed by atoms with Gasteiger partial charge in [-0.1, -0.05) is 23.4 Å². The lowest BCUT2D eigenvalue weighted by atomic mass is 10.0. The highest BCUT2D eigenvalue weighted by Gasteiger charge is 2.34. The number of fused-ring (bicyclic) bond motifs is 1. The summed E-state index contributed by atoms with van der Waals surface area (Å²) in [6, 6.07) is 8.45. The van der Waals surface area contributed by atoms with Crippen LogP contribution < -0.4 is 5.32 Å². The monoisotopic (exact) mass is 433 g/mol. The molecule has 0 spiro atoms. The molecular weight excluding hydrogens is 421 g/mol. The van der Waals surface area contributed by atoms with Crippen molar-refractivity contribution in [2.75, 3.05) is 5.32 Å². The Labute approximate surface area is 171 Å². The summed E-state index contributed by atoms with van der Waals surface area (Å²) in [6.45, 7) is 1.52. The molecule has 2 aromatic carbocycles. The van der Waals surface area contributed by atoms with Crippen LogP contribution in [0.4, 0.5) is 27.6 Å². The molecule has 0 saturated heterocycles. The molecule has 0 saturated carbocycles. The molecule has 1 N–H and O–H groups in total. The summed E-state index contributed by atoms with van der Waals surface area (Å²) in [5.74, 6) is -2.69. The van der Waals surface area contributed by atoms with Crippen LogP contribution in [0.25, 0.3) is 22.4 Å². The van der Waals surface area contributed by atoms with Crippen LogP contribution in [0.15, 0.2) is 53.1 Å². The minimum absolute atomic E-state index is 0.126. The lowest BCUT2D eigenvalue weighted by Crippen LogP contribution is -2.14. The Bertz CT molecular complexity index is 1310. The van der Waals surface area contributed by atoms with E-state index in [1.807, 2.05) is 0 Å². The topological polar surface area (TPSA) is 68.0 Å². The highest BCUT2D eigenvalue weighted by Crippen LogP contribution is 2.37. The Morgan fingerprint density at radius 3 is 2.52 bits per heavy atom. The van der Waals surface area contributed by atoms with Crippen molar-refractivity contribution in [3.63, 3.8) is 0 Å². The number of amides is 1. The molecule has 0 aliphatic rings. The van der Waals surface area contributed by atoms with Crippen molar-refractivity contribution in [2.24, 2.45) is 0 Å². The Morgan fingerprint density at radius 2 is 1.81 bits per heavy atom. The Kier molecular flexibility index (Phi) is 4.92. The number of alkyl halides is 3. The number of aromatic nitrogens is 2. The molecular formula is C21H12F5N3O2. The second kappa shape index (κ2) is 7.46. The standard InChI is InChI=1S/C21H12F5N3O2/c1-10-18-13(19(30)27-16-7-6-11(22)8-15(16)23)9-17(28-20(18)31-29-10)12-4-2-3-5-14(12)21(24,25)26/h2-9H,1H3,(H,27,30). The number of nitrogens with one attached hydrogen (secondary N) is 1. The summed E-state index contributed by atoms with van der Waals surface area (Å²) in [7, 11) is 0. The average Bonchev–Trinajstić information content (AvgIpc) is 3.09. The summed E-state index contributed by atoms with van der Waals surface area (Å²) in [5, 5.41) is 6.16. The van der Waals surface area contributed by atoms with Crippen LogP contribution in [0.5, 0.6) is 0 Å². The molecule has 0 aliphatic heterocycles. The van der Waals surface area contributed by atoms with Gasteiger partial charge in [-0.2, -0.15) is 13.2 Å². The van der Waals surface area contributed by atoms with Gasteiger partial charge in [-0.25, -0.2) is 13.8 Å². The zero-order chi connectivity index (χ0) is 22.3. The second-order valence-electron chi connectivity index (χ2n) is 6.62. The van der Waals surface area contributed by atoms with Crippen molar-refractivity contribution in [2.45, 2.75) is 13.1 Å². The van der Waals surface area contributed by atoms with Gasteiger partial charge in [0.25, 0.3) is 11.6 Å². The van der Waals surface area contributed by atoms with E-state index in [9.17, 15) is 26.7 Å². The van der Waals surface area contributed by atoms with Gasteiger partial charge in [0.15, 0.2) is 0 Å². The second-order valence-corrected chi connectivity index (χ2v) is 6.62. The first-order valence-electron chi connectivity index (χ1n) is 8.85. The molecule has 0 atom stereocenters. The first kappa shape index (κ1) is 20.5. The molecule has 0 unspecified atom stereocenters. The third kappa shape index (κ3) is 3.83. The number of hydrogen-bond donors (Lipinski definition) is 1. The Morgan fingerprint density at radius 1 is 1.06 bits per heavy atom. The summed E-state index contributed by atoms with van der Waals surface area (Å²) >= 11 is 0. The van der Waals surface area contributed by atoms with Crippen LogP contribution in [0.1, 0.15) is 21.6 Å². The third-order valence-electron chi connectivity index (χ3n) is 4.55. The van der Waals surface area contributed by atoms with Gasteiger partial charge in [0.1, 0.15) is 11.6 Å². The van der Waals surface area contributed by atoms with Crippen molar-refractivity contribution in [1.82, 2.24) is 10.1 Å². The van der Waals surface area contributed by atoms with E-state index in [4.69, 9.17) is 4.52 Å². The van der Waals surface area contributed by atoms with E-state index in [0.29, 0.717) is 6.07 Å². The zero-order valence-electron chi connectivity index (χ0n) is 15.7. The van der Waals surface area contributed by atoms with Crippen molar-refractivity contribution in [3.05, 3.63) is 77.0 Å². The highest BCUT2D eigenvalue weighted by molar-refractivity contribution is 6.13. The minimum atomic E-state index is -4.66. The van der Waals surface area contributed by atoms with Crippen LogP contribution in [0, 0.1) is 18.6 Å². The number of carbonyl (C=O) groups excluding carboxylic acids is 1. The van der Waals surface area contributed by atoms with Gasteiger partial charge >= 0.3 is 6.18 Å². The predicted octanol–water partition coefficient (Wildman–Crippen LogP) is 5.75. The van der Waals surface area contributed by atoms with Crippen LogP contribution >= 0.6 is 0 Å². The molecule has 4 aromatic rings. The van der Waals surface area contributed by atoms with E-state index in [1.54, 1.807) is 0 Å². The molecule has 0 radical (unpaired) electrons. The largest absolute Gasteiger partial charge is 0.417 e. The van der Waals surface area contributed by atoms with E-state index in [0.717, 1.165) is 24.3 Å². The van der Waals surface area contributed by atoms with Crippen LogP contribution in [-0.2, 0) is 6.18 Å². The maximum absolute atomic E-state index is 14.0. The molecule has 2 aromatic heterocycles. The van der Waals surface area contributed by atoms with E-state index < -0.39 is 29.3 Å². The molecule has 10 heteroatoms. The molecule has 0 aliphatic carbocycles. The normalized spacial score (nSPS) is 11.7. The number of anilines is 1. The number of aryl methyl sites for hydroxylation is 1. The van der Waals surface area contributed by atoms with Crippen molar-refractivity contribution < 1.29 is 31.3 Å². The summed E-state index contributed by atoms with van der Waals surface area (Å²) in [6.07, 6.45) is -4.66. The fraction of sp³-hybridized carbons (Fsp3) is 0.0952. The maximum Gasteiger partial charge on any atom is 0.417 e. The lowest BCUT2D eigenvalue weighted by molar-refractivity contribution is -0.137. The highest BCUT2D eigenvalue weighted by atomic mass is 19.4. The molecule has 5 nitrogen and oxygen atoms in total. The Hall–Kier alpha value is -3.82. The average molecular weight is 433 g/mol. The van der Waals surface area contributed by atoms with Gasteiger partial charge < -0.3 is 9.84 Å². The molecule has 31 heavy (non-hydrogen) atoms. The molecule has 0 bridgehead atoms. The number of carbonyl (C=O) groups is 1. The number of halogens is 5. The number of benzene rings is 2. The fourth-order valence-electron chi connectivity index (χ4n) is 3.15. The molecule has 2 heterocycles. The van der Waals surface area contributed by atoms with Gasteiger partial charge in [-0.05, 0) is 31.2 Å².